The number of amides is 1. The Bertz CT molecular complexity index is 1280. The minimum absolute atomic E-state index is 0.0147. The van der Waals surface area contributed by atoms with Crippen LogP contribution in [0.15, 0.2) is 24.5 Å². The van der Waals surface area contributed by atoms with Gasteiger partial charge in [0.15, 0.2) is 17.5 Å². The number of fused-ring (bicyclic) bond motifs is 1. The fourth-order valence-electron chi connectivity index (χ4n) is 4.21. The van der Waals surface area contributed by atoms with Crippen molar-refractivity contribution in [1.82, 2.24) is 24.4 Å². The molecule has 1 aliphatic heterocycles. The topological polar surface area (TPSA) is 102 Å². The summed E-state index contributed by atoms with van der Waals surface area (Å²) in [7, 11) is 0. The molecule has 1 fully saturated rings. The smallest absolute Gasteiger partial charge is 0.243 e. The van der Waals surface area contributed by atoms with Crippen LogP contribution in [0.25, 0.3) is 11.3 Å². The van der Waals surface area contributed by atoms with Crippen LogP contribution in [0, 0.1) is 17.5 Å². The van der Waals surface area contributed by atoms with Gasteiger partial charge in [0.2, 0.25) is 11.9 Å². The lowest BCUT2D eigenvalue weighted by molar-refractivity contribution is -0.141. The number of carbonyl (C=O) groups is 1. The van der Waals surface area contributed by atoms with Gasteiger partial charge in [-0.2, -0.15) is 0 Å². The predicted molar refractivity (Wildman–Crippen MR) is 119 cm³/mol. The van der Waals surface area contributed by atoms with Crippen LogP contribution in [0.3, 0.4) is 0 Å². The molecule has 3 N–H and O–H groups in total. The lowest BCUT2D eigenvalue weighted by Gasteiger charge is -2.43. The second-order valence-corrected chi connectivity index (χ2v) is 9.50. The Balaban J connectivity index is 1.65. The van der Waals surface area contributed by atoms with E-state index in [1.165, 1.54) is 12.4 Å². The van der Waals surface area contributed by atoms with E-state index in [-0.39, 0.29) is 23.1 Å². The maximum atomic E-state index is 14.1. The molecule has 34 heavy (non-hydrogen) atoms. The number of hydrogen-bond donors (Lipinski definition) is 2. The number of rotatable bonds is 4. The third-order valence-electron chi connectivity index (χ3n) is 6.30. The molecule has 1 saturated carbocycles. The third kappa shape index (κ3) is 3.59. The molecule has 12 heteroatoms. The van der Waals surface area contributed by atoms with Crippen molar-refractivity contribution in [3.05, 3.63) is 52.8 Å². The Hall–Kier alpha value is -3.18. The first-order valence-electron chi connectivity index (χ1n) is 10.6. The van der Waals surface area contributed by atoms with E-state index < -0.39 is 28.5 Å². The number of carbonyl (C=O) groups excluding carboxylic acids is 1. The zero-order chi connectivity index (χ0) is 24.4. The molecular formula is C22H21ClF3N7O. The molecule has 178 valence electrons. The van der Waals surface area contributed by atoms with Gasteiger partial charge < -0.3 is 20.5 Å². The lowest BCUT2D eigenvalue weighted by atomic mass is 9.97. The molecule has 2 aromatic heterocycles. The molecule has 0 atom stereocenters. The van der Waals surface area contributed by atoms with Crippen LogP contribution in [-0.2, 0) is 16.9 Å². The summed E-state index contributed by atoms with van der Waals surface area (Å²) in [6, 6.07) is 1.74. The van der Waals surface area contributed by atoms with Crippen LogP contribution >= 0.6 is 11.6 Å². The molecule has 0 radical (unpaired) electrons. The van der Waals surface area contributed by atoms with Crippen LogP contribution in [-0.4, -0.2) is 42.4 Å². The van der Waals surface area contributed by atoms with Gasteiger partial charge >= 0.3 is 0 Å². The Labute approximate surface area is 198 Å². The van der Waals surface area contributed by atoms with E-state index in [2.05, 4.69) is 20.3 Å². The first-order chi connectivity index (χ1) is 16.0. The fraction of sp³-hybridized carbons (Fsp3) is 0.364. The SMILES string of the molecule is CC1(C)c2nc(-c3cc(F)c(F)c(F)c3)c(Nc3ncc(Cl)cn3)n2CCN1C(=O)C1(N)CC1. The standard InChI is InChI=1S/C22H21ClF3N7O/c1-21(2)18-30-16(11-7-13(24)15(26)14(25)8-11)17(31-20-28-9-12(23)10-29-20)32(18)5-6-33(21)19(34)22(27)3-4-22/h7-10H,3-6,27H2,1-2H3,(H,28,29,31). The maximum Gasteiger partial charge on any atom is 0.243 e. The molecule has 0 unspecified atom stereocenters. The van der Waals surface area contributed by atoms with Crippen molar-refractivity contribution in [3.63, 3.8) is 0 Å². The summed E-state index contributed by atoms with van der Waals surface area (Å²) < 4.78 is 43.6. The van der Waals surface area contributed by atoms with E-state index >= 15 is 0 Å². The number of nitrogens with two attached hydrogens (primary N) is 1. The zero-order valence-corrected chi connectivity index (χ0v) is 19.1. The zero-order valence-electron chi connectivity index (χ0n) is 18.4. The summed E-state index contributed by atoms with van der Waals surface area (Å²) in [4.78, 5) is 27.7. The van der Waals surface area contributed by atoms with Crippen molar-refractivity contribution in [2.24, 2.45) is 5.73 Å². The van der Waals surface area contributed by atoms with Crippen LogP contribution in [0.1, 0.15) is 32.5 Å². The minimum Gasteiger partial charge on any atom is -0.327 e. The van der Waals surface area contributed by atoms with E-state index in [0.717, 1.165) is 12.1 Å². The number of hydrogen-bond acceptors (Lipinski definition) is 6. The molecule has 1 aromatic carbocycles. The molecule has 2 aliphatic rings. The number of imidazole rings is 1. The van der Waals surface area contributed by atoms with Gasteiger partial charge in [-0.3, -0.25) is 4.79 Å². The average molecular weight is 492 g/mol. The van der Waals surface area contributed by atoms with E-state index in [1.54, 1.807) is 9.47 Å². The first kappa shape index (κ1) is 22.6. The van der Waals surface area contributed by atoms with Crippen molar-refractivity contribution in [3.8, 4) is 11.3 Å². The molecule has 0 saturated heterocycles. The Morgan fingerprint density at radius 1 is 1.12 bits per heavy atom. The molecule has 1 aliphatic carbocycles. The van der Waals surface area contributed by atoms with Gasteiger partial charge in [-0.05, 0) is 38.8 Å². The molecule has 5 rings (SSSR count). The highest BCUT2D eigenvalue weighted by molar-refractivity contribution is 6.30. The van der Waals surface area contributed by atoms with E-state index in [1.807, 2.05) is 13.8 Å². The minimum atomic E-state index is -1.57. The van der Waals surface area contributed by atoms with Gasteiger partial charge in [0.25, 0.3) is 0 Å². The highest BCUT2D eigenvalue weighted by Gasteiger charge is 2.53. The van der Waals surface area contributed by atoms with Gasteiger partial charge in [-0.15, -0.1) is 0 Å². The second-order valence-electron chi connectivity index (χ2n) is 9.06. The Morgan fingerprint density at radius 2 is 1.74 bits per heavy atom. The van der Waals surface area contributed by atoms with Crippen LogP contribution in [0.2, 0.25) is 5.02 Å². The van der Waals surface area contributed by atoms with Gasteiger partial charge in [0.1, 0.15) is 17.3 Å². The summed E-state index contributed by atoms with van der Waals surface area (Å²) >= 11 is 5.87. The molecule has 1 amide bonds. The lowest BCUT2D eigenvalue weighted by Crippen LogP contribution is -2.57. The molecule has 8 nitrogen and oxygen atoms in total. The number of anilines is 2. The van der Waals surface area contributed by atoms with E-state index in [0.29, 0.717) is 42.6 Å². The van der Waals surface area contributed by atoms with E-state index in [9.17, 15) is 18.0 Å². The monoisotopic (exact) mass is 491 g/mol. The number of nitrogens with zero attached hydrogens (tertiary/aromatic N) is 5. The van der Waals surface area contributed by atoms with Gasteiger partial charge in [0.05, 0.1) is 28.5 Å². The Kier molecular flexibility index (Phi) is 5.10. The summed E-state index contributed by atoms with van der Waals surface area (Å²) in [5.41, 5.74) is 4.59. The van der Waals surface area contributed by atoms with Crippen molar-refractivity contribution in [2.75, 3.05) is 11.9 Å². The normalized spacial score (nSPS) is 17.9. The van der Waals surface area contributed by atoms with Crippen molar-refractivity contribution in [1.29, 1.82) is 0 Å². The number of halogens is 4. The molecular weight excluding hydrogens is 471 g/mol. The van der Waals surface area contributed by atoms with Crippen molar-refractivity contribution >= 4 is 29.3 Å². The number of nitrogens with one attached hydrogen (secondary N) is 1. The highest BCUT2D eigenvalue weighted by atomic mass is 35.5. The molecule has 0 bridgehead atoms. The van der Waals surface area contributed by atoms with Crippen molar-refractivity contribution in [2.45, 2.75) is 44.3 Å². The summed E-state index contributed by atoms with van der Waals surface area (Å²) in [6.07, 6.45) is 4.02. The summed E-state index contributed by atoms with van der Waals surface area (Å²) in [5, 5.41) is 3.37. The predicted octanol–water partition coefficient (Wildman–Crippen LogP) is 3.72. The third-order valence-corrected chi connectivity index (χ3v) is 6.50. The van der Waals surface area contributed by atoms with Crippen LogP contribution in [0.5, 0.6) is 0 Å². The maximum absolute atomic E-state index is 14.1. The van der Waals surface area contributed by atoms with Gasteiger partial charge in [0, 0.05) is 18.7 Å². The largest absolute Gasteiger partial charge is 0.327 e. The van der Waals surface area contributed by atoms with Gasteiger partial charge in [-0.25, -0.2) is 28.1 Å². The number of aromatic nitrogens is 4. The molecule has 0 spiro atoms. The first-order valence-corrected chi connectivity index (χ1v) is 11.0. The fourth-order valence-corrected chi connectivity index (χ4v) is 4.31. The quantitative estimate of drug-likeness (QED) is 0.539. The van der Waals surface area contributed by atoms with E-state index in [4.69, 9.17) is 17.3 Å². The highest BCUT2D eigenvalue weighted by Crippen LogP contribution is 2.43. The van der Waals surface area contributed by atoms with Crippen LogP contribution in [0.4, 0.5) is 24.9 Å². The molecule has 3 aromatic rings. The molecule has 3 heterocycles. The summed E-state index contributed by atoms with van der Waals surface area (Å²) in [6.45, 7) is 4.32. The second kappa shape index (κ2) is 7.67. The Morgan fingerprint density at radius 3 is 2.32 bits per heavy atom. The summed E-state index contributed by atoms with van der Waals surface area (Å²) in [5.74, 6) is -3.44. The van der Waals surface area contributed by atoms with Crippen molar-refractivity contribution < 1.29 is 18.0 Å². The number of benzene rings is 1. The van der Waals surface area contributed by atoms with Gasteiger partial charge in [-0.1, -0.05) is 11.6 Å². The average Bonchev–Trinajstić information content (AvgIpc) is 3.43. The van der Waals surface area contributed by atoms with Crippen LogP contribution < -0.4 is 11.1 Å².